The molecule has 1 saturated heterocycles. The average Bonchev–Trinajstić information content (AvgIpc) is 3.29. The number of aromatic nitrogens is 3. The number of carbonyl (C=O) groups excluding carboxylic acids is 1. The minimum absolute atomic E-state index is 0.184. The molecule has 4 rings (SSSR count). The molecule has 0 saturated carbocycles. The predicted octanol–water partition coefficient (Wildman–Crippen LogP) is 2.77. The van der Waals surface area contributed by atoms with Gasteiger partial charge in [-0.05, 0) is 30.4 Å². The van der Waals surface area contributed by atoms with Gasteiger partial charge in [0, 0.05) is 18.0 Å². The highest BCUT2D eigenvalue weighted by atomic mass is 32.2. The van der Waals surface area contributed by atoms with Gasteiger partial charge < -0.3 is 15.0 Å². The van der Waals surface area contributed by atoms with Crippen LogP contribution in [0.15, 0.2) is 42.6 Å². The maximum absolute atomic E-state index is 12.3. The van der Waals surface area contributed by atoms with Crippen LogP contribution in [0.3, 0.4) is 0 Å². The molecular formula is C18H18N4O2S. The standard InChI is InChI=1S/C18H18N4O2S/c23-18(20-10-16-21-14-3-1-2-4-15(14)22-16)12-5-6-17(19-9-12)24-13-7-8-25-11-13/h1-6,9,13H,7-8,10-11H2,(H,20,23)(H,21,22). The third kappa shape index (κ3) is 3.76. The van der Waals surface area contributed by atoms with Crippen LogP contribution in [-0.4, -0.2) is 38.5 Å². The van der Waals surface area contributed by atoms with Crippen molar-refractivity contribution in [3.63, 3.8) is 0 Å². The molecule has 1 unspecified atom stereocenters. The van der Waals surface area contributed by atoms with Gasteiger partial charge in [-0.1, -0.05) is 12.1 Å². The van der Waals surface area contributed by atoms with E-state index in [9.17, 15) is 4.79 Å². The van der Waals surface area contributed by atoms with Gasteiger partial charge in [-0.25, -0.2) is 9.97 Å². The van der Waals surface area contributed by atoms with Crippen LogP contribution < -0.4 is 10.1 Å². The number of benzene rings is 1. The monoisotopic (exact) mass is 354 g/mol. The van der Waals surface area contributed by atoms with Gasteiger partial charge in [0.1, 0.15) is 11.9 Å². The van der Waals surface area contributed by atoms with Crippen LogP contribution in [0, 0.1) is 0 Å². The molecule has 1 aromatic carbocycles. The van der Waals surface area contributed by atoms with Crippen molar-refractivity contribution in [2.75, 3.05) is 11.5 Å². The summed E-state index contributed by atoms with van der Waals surface area (Å²) in [6, 6.07) is 11.3. The molecule has 6 nitrogen and oxygen atoms in total. The van der Waals surface area contributed by atoms with Crippen molar-refractivity contribution in [1.29, 1.82) is 0 Å². The van der Waals surface area contributed by atoms with Gasteiger partial charge in [0.05, 0.1) is 23.1 Å². The Balaban J connectivity index is 1.35. The number of hydrogen-bond donors (Lipinski definition) is 2. The van der Waals surface area contributed by atoms with Gasteiger partial charge in [0.2, 0.25) is 5.88 Å². The van der Waals surface area contributed by atoms with Crippen LogP contribution in [0.1, 0.15) is 22.6 Å². The summed E-state index contributed by atoms with van der Waals surface area (Å²) in [6.07, 6.45) is 2.82. The minimum Gasteiger partial charge on any atom is -0.473 e. The summed E-state index contributed by atoms with van der Waals surface area (Å²) in [4.78, 5) is 24.1. The summed E-state index contributed by atoms with van der Waals surface area (Å²) in [5.41, 5.74) is 2.35. The Morgan fingerprint density at radius 3 is 3.00 bits per heavy atom. The Morgan fingerprint density at radius 1 is 1.32 bits per heavy atom. The molecule has 1 amide bonds. The van der Waals surface area contributed by atoms with Crippen molar-refractivity contribution in [1.82, 2.24) is 20.3 Å². The first kappa shape index (κ1) is 16.0. The van der Waals surface area contributed by atoms with Crippen molar-refractivity contribution in [3.8, 4) is 5.88 Å². The van der Waals surface area contributed by atoms with E-state index >= 15 is 0 Å². The number of fused-ring (bicyclic) bond motifs is 1. The molecule has 128 valence electrons. The number of amides is 1. The number of para-hydroxylation sites is 2. The number of aromatic amines is 1. The first-order chi connectivity index (χ1) is 12.3. The first-order valence-corrected chi connectivity index (χ1v) is 9.36. The molecule has 25 heavy (non-hydrogen) atoms. The molecule has 2 aromatic heterocycles. The summed E-state index contributed by atoms with van der Waals surface area (Å²) in [5, 5.41) is 2.85. The van der Waals surface area contributed by atoms with Crippen molar-refractivity contribution >= 4 is 28.7 Å². The van der Waals surface area contributed by atoms with E-state index in [0.29, 0.717) is 18.0 Å². The van der Waals surface area contributed by atoms with Crippen LogP contribution in [0.5, 0.6) is 5.88 Å². The lowest BCUT2D eigenvalue weighted by atomic mass is 10.2. The van der Waals surface area contributed by atoms with Gasteiger partial charge in [0.15, 0.2) is 0 Å². The van der Waals surface area contributed by atoms with Gasteiger partial charge >= 0.3 is 0 Å². The van der Waals surface area contributed by atoms with Crippen LogP contribution in [0.25, 0.3) is 11.0 Å². The second-order valence-electron chi connectivity index (χ2n) is 5.87. The second-order valence-corrected chi connectivity index (χ2v) is 7.02. The van der Waals surface area contributed by atoms with Crippen LogP contribution in [0.2, 0.25) is 0 Å². The number of H-pyrrole nitrogens is 1. The Labute approximate surface area is 149 Å². The molecule has 2 N–H and O–H groups in total. The summed E-state index contributed by atoms with van der Waals surface area (Å²) < 4.78 is 5.79. The lowest BCUT2D eigenvalue weighted by molar-refractivity contribution is 0.0949. The number of hydrogen-bond acceptors (Lipinski definition) is 5. The second kappa shape index (κ2) is 7.14. The molecule has 0 bridgehead atoms. The van der Waals surface area contributed by atoms with Crippen molar-refractivity contribution < 1.29 is 9.53 Å². The average molecular weight is 354 g/mol. The van der Waals surface area contributed by atoms with E-state index < -0.39 is 0 Å². The van der Waals surface area contributed by atoms with E-state index in [2.05, 4.69) is 20.3 Å². The van der Waals surface area contributed by atoms with Gasteiger partial charge in [-0.2, -0.15) is 11.8 Å². The third-order valence-corrected chi connectivity index (χ3v) is 5.16. The van der Waals surface area contributed by atoms with E-state index in [1.807, 2.05) is 36.0 Å². The Hall–Kier alpha value is -2.54. The van der Waals surface area contributed by atoms with E-state index in [1.165, 1.54) is 0 Å². The summed E-state index contributed by atoms with van der Waals surface area (Å²) in [6.45, 7) is 0.338. The highest BCUT2D eigenvalue weighted by molar-refractivity contribution is 7.99. The van der Waals surface area contributed by atoms with Crippen molar-refractivity contribution in [3.05, 3.63) is 54.0 Å². The number of imidazole rings is 1. The van der Waals surface area contributed by atoms with E-state index in [1.54, 1.807) is 18.3 Å². The van der Waals surface area contributed by atoms with Crippen LogP contribution in [-0.2, 0) is 6.54 Å². The van der Waals surface area contributed by atoms with Gasteiger partial charge in [0.25, 0.3) is 5.91 Å². The fourth-order valence-electron chi connectivity index (χ4n) is 2.72. The highest BCUT2D eigenvalue weighted by Crippen LogP contribution is 2.22. The van der Waals surface area contributed by atoms with Gasteiger partial charge in [-0.15, -0.1) is 0 Å². The number of nitrogens with zero attached hydrogens (tertiary/aromatic N) is 2. The Morgan fingerprint density at radius 2 is 2.24 bits per heavy atom. The number of ether oxygens (including phenoxy) is 1. The molecule has 7 heteroatoms. The lowest BCUT2D eigenvalue weighted by Crippen LogP contribution is -2.23. The quantitative estimate of drug-likeness (QED) is 0.736. The topological polar surface area (TPSA) is 79.9 Å². The van der Waals surface area contributed by atoms with Crippen molar-refractivity contribution in [2.45, 2.75) is 19.1 Å². The largest absolute Gasteiger partial charge is 0.473 e. The Bertz CT molecular complexity index is 839. The molecular weight excluding hydrogens is 336 g/mol. The molecule has 0 radical (unpaired) electrons. The normalized spacial score (nSPS) is 16.9. The highest BCUT2D eigenvalue weighted by Gasteiger charge is 2.17. The van der Waals surface area contributed by atoms with Crippen molar-refractivity contribution in [2.24, 2.45) is 0 Å². The molecule has 3 aromatic rings. The maximum Gasteiger partial charge on any atom is 0.253 e. The zero-order chi connectivity index (χ0) is 17.1. The zero-order valence-electron chi connectivity index (χ0n) is 13.6. The predicted molar refractivity (Wildman–Crippen MR) is 97.9 cm³/mol. The molecule has 0 aliphatic carbocycles. The van der Waals surface area contributed by atoms with E-state index in [-0.39, 0.29) is 12.0 Å². The molecule has 1 fully saturated rings. The molecule has 1 aliphatic rings. The van der Waals surface area contributed by atoms with E-state index in [0.717, 1.165) is 34.8 Å². The van der Waals surface area contributed by atoms with Gasteiger partial charge in [-0.3, -0.25) is 4.79 Å². The minimum atomic E-state index is -0.184. The molecule has 3 heterocycles. The number of nitrogens with one attached hydrogen (secondary N) is 2. The molecule has 1 aliphatic heterocycles. The lowest BCUT2D eigenvalue weighted by Gasteiger charge is -2.11. The fourth-order valence-corrected chi connectivity index (χ4v) is 3.81. The number of rotatable bonds is 5. The zero-order valence-corrected chi connectivity index (χ0v) is 14.4. The van der Waals surface area contributed by atoms with Crippen LogP contribution in [0.4, 0.5) is 0 Å². The number of thioether (sulfide) groups is 1. The van der Waals surface area contributed by atoms with Crippen LogP contribution >= 0.6 is 11.8 Å². The summed E-state index contributed by atoms with van der Waals surface area (Å²) in [5.74, 6) is 3.24. The van der Waals surface area contributed by atoms with E-state index in [4.69, 9.17) is 4.74 Å². The summed E-state index contributed by atoms with van der Waals surface area (Å²) >= 11 is 1.89. The molecule has 1 atom stereocenters. The fraction of sp³-hybridized carbons (Fsp3) is 0.278. The number of pyridine rings is 1. The Kier molecular flexibility index (Phi) is 4.56. The maximum atomic E-state index is 12.3. The number of carbonyl (C=O) groups is 1. The summed E-state index contributed by atoms with van der Waals surface area (Å²) in [7, 11) is 0. The third-order valence-electron chi connectivity index (χ3n) is 4.03. The first-order valence-electron chi connectivity index (χ1n) is 8.20. The molecule has 0 spiro atoms. The SMILES string of the molecule is O=C(NCc1nc2ccccc2[nH]1)c1ccc(OC2CCSC2)nc1. The smallest absolute Gasteiger partial charge is 0.253 e.